The first-order valence-electron chi connectivity index (χ1n) is 7.37. The molecule has 0 saturated carbocycles. The zero-order chi connectivity index (χ0) is 18.2. The Morgan fingerprint density at radius 3 is 2.60 bits per heavy atom. The van der Waals surface area contributed by atoms with E-state index in [-0.39, 0.29) is 26.5 Å². The third kappa shape index (κ3) is 3.59. The lowest BCUT2D eigenvalue weighted by Gasteiger charge is -2.30. The molecule has 2 aromatic rings. The van der Waals surface area contributed by atoms with Gasteiger partial charge in [0.2, 0.25) is 21.9 Å². The number of piperidine rings is 1. The highest BCUT2D eigenvalue weighted by molar-refractivity contribution is 7.89. The minimum atomic E-state index is -4.00. The Labute approximate surface area is 154 Å². The van der Waals surface area contributed by atoms with Crippen LogP contribution in [0.1, 0.15) is 12.8 Å². The molecule has 134 valence electrons. The number of nitrogen functional groups attached to an aromatic ring is 1. The van der Waals surface area contributed by atoms with E-state index in [1.165, 1.54) is 23.2 Å². The van der Waals surface area contributed by atoms with Gasteiger partial charge in [0.05, 0.1) is 20.6 Å². The quantitative estimate of drug-likeness (QED) is 0.671. The summed E-state index contributed by atoms with van der Waals surface area (Å²) in [6.45, 7) is 0.462. The van der Waals surface area contributed by atoms with Crippen LogP contribution in [-0.4, -0.2) is 36.9 Å². The van der Waals surface area contributed by atoms with Gasteiger partial charge >= 0.3 is 0 Å². The molecule has 1 aliphatic heterocycles. The molecule has 0 radical (unpaired) electrons. The molecule has 0 spiro atoms. The van der Waals surface area contributed by atoms with E-state index in [0.29, 0.717) is 25.3 Å². The minimum Gasteiger partial charge on any atom is -0.396 e. The maximum Gasteiger partial charge on any atom is 0.247 e. The summed E-state index contributed by atoms with van der Waals surface area (Å²) >= 11 is 11.8. The average molecular weight is 404 g/mol. The van der Waals surface area contributed by atoms with Gasteiger partial charge in [-0.15, -0.1) is 0 Å². The van der Waals surface area contributed by atoms with Crippen LogP contribution in [0.25, 0.3) is 0 Å². The Kier molecular flexibility index (Phi) is 4.92. The SMILES string of the molecule is Nc1c(Cl)cc(S(=O)(=O)N[C@H]2CCCN(c3ncc[nH]3)C2=O)cc1Cl. The van der Waals surface area contributed by atoms with Crippen molar-refractivity contribution in [2.45, 2.75) is 23.8 Å². The number of aromatic amines is 1. The van der Waals surface area contributed by atoms with Gasteiger partial charge in [-0.2, -0.15) is 4.72 Å². The number of nitrogens with two attached hydrogens (primary N) is 1. The van der Waals surface area contributed by atoms with Crippen LogP contribution in [0.3, 0.4) is 0 Å². The van der Waals surface area contributed by atoms with Crippen LogP contribution in [0.2, 0.25) is 10.0 Å². The van der Waals surface area contributed by atoms with E-state index in [0.717, 1.165) is 0 Å². The van der Waals surface area contributed by atoms with Crippen LogP contribution >= 0.6 is 23.2 Å². The summed E-state index contributed by atoms with van der Waals surface area (Å²) in [5.41, 5.74) is 5.72. The summed E-state index contributed by atoms with van der Waals surface area (Å²) in [6, 6.07) is 1.49. The second-order valence-electron chi connectivity index (χ2n) is 5.52. The Balaban J connectivity index is 1.84. The number of hydrogen-bond acceptors (Lipinski definition) is 5. The van der Waals surface area contributed by atoms with E-state index in [2.05, 4.69) is 14.7 Å². The van der Waals surface area contributed by atoms with Gasteiger partial charge in [0.1, 0.15) is 6.04 Å². The standard InChI is InChI=1S/C14H15Cl2N5O3S/c15-9-6-8(7-10(16)12(9)17)25(23,24)20-11-2-1-5-21(13(11)22)14-18-3-4-19-14/h3-4,6-7,11,20H,1-2,5,17H2,(H,18,19)/t11-/m0/s1. The van der Waals surface area contributed by atoms with Crippen molar-refractivity contribution in [1.29, 1.82) is 0 Å². The number of aromatic nitrogens is 2. The minimum absolute atomic E-state index is 0.0278. The fourth-order valence-electron chi connectivity index (χ4n) is 2.57. The number of nitrogens with one attached hydrogen (secondary N) is 2. The largest absolute Gasteiger partial charge is 0.396 e. The van der Waals surface area contributed by atoms with E-state index < -0.39 is 16.1 Å². The molecule has 1 atom stereocenters. The summed E-state index contributed by atoms with van der Waals surface area (Å²) in [5, 5.41) is 0.0557. The van der Waals surface area contributed by atoms with Crippen LogP contribution in [-0.2, 0) is 14.8 Å². The highest BCUT2D eigenvalue weighted by atomic mass is 35.5. The zero-order valence-electron chi connectivity index (χ0n) is 12.9. The molecule has 1 aliphatic rings. The number of anilines is 2. The average Bonchev–Trinajstić information content (AvgIpc) is 3.08. The molecule has 1 fully saturated rings. The molecule has 11 heteroatoms. The number of amides is 1. The van der Waals surface area contributed by atoms with Crippen molar-refractivity contribution >= 4 is 50.8 Å². The van der Waals surface area contributed by atoms with E-state index >= 15 is 0 Å². The number of nitrogens with zero attached hydrogens (tertiary/aromatic N) is 2. The lowest BCUT2D eigenvalue weighted by atomic mass is 10.1. The molecule has 4 N–H and O–H groups in total. The van der Waals surface area contributed by atoms with Gasteiger partial charge in [-0.25, -0.2) is 13.4 Å². The van der Waals surface area contributed by atoms with Gasteiger partial charge in [-0.1, -0.05) is 23.2 Å². The van der Waals surface area contributed by atoms with Crippen molar-refractivity contribution in [2.75, 3.05) is 17.2 Å². The summed E-state index contributed by atoms with van der Waals surface area (Å²) < 4.78 is 27.6. The van der Waals surface area contributed by atoms with Gasteiger partial charge in [0.25, 0.3) is 0 Å². The molecule has 1 saturated heterocycles. The highest BCUT2D eigenvalue weighted by Gasteiger charge is 2.34. The predicted molar refractivity (Wildman–Crippen MR) is 95.2 cm³/mol. The van der Waals surface area contributed by atoms with Gasteiger partial charge in [-0.05, 0) is 25.0 Å². The number of carbonyl (C=O) groups is 1. The second kappa shape index (κ2) is 6.83. The van der Waals surface area contributed by atoms with Crippen molar-refractivity contribution in [1.82, 2.24) is 14.7 Å². The van der Waals surface area contributed by atoms with Gasteiger partial charge in [0, 0.05) is 18.9 Å². The highest BCUT2D eigenvalue weighted by Crippen LogP contribution is 2.31. The smallest absolute Gasteiger partial charge is 0.247 e. The van der Waals surface area contributed by atoms with Crippen molar-refractivity contribution in [3.63, 3.8) is 0 Å². The lowest BCUT2D eigenvalue weighted by Crippen LogP contribution is -2.52. The molecule has 1 aromatic carbocycles. The van der Waals surface area contributed by atoms with Crippen LogP contribution in [0.5, 0.6) is 0 Å². The maximum absolute atomic E-state index is 12.6. The van der Waals surface area contributed by atoms with Crippen LogP contribution in [0.4, 0.5) is 11.6 Å². The topological polar surface area (TPSA) is 121 Å². The summed E-state index contributed by atoms with van der Waals surface area (Å²) in [5.74, 6) is 0.00452. The zero-order valence-corrected chi connectivity index (χ0v) is 15.2. The van der Waals surface area contributed by atoms with E-state index in [9.17, 15) is 13.2 Å². The Bertz CT molecular complexity index is 878. The number of rotatable bonds is 4. The molecule has 0 aliphatic carbocycles. The van der Waals surface area contributed by atoms with Crippen molar-refractivity contribution < 1.29 is 13.2 Å². The van der Waals surface area contributed by atoms with Crippen molar-refractivity contribution in [2.24, 2.45) is 0 Å². The molecular formula is C14H15Cl2N5O3S. The molecule has 0 unspecified atom stereocenters. The van der Waals surface area contributed by atoms with E-state index in [1.807, 2.05) is 0 Å². The van der Waals surface area contributed by atoms with Crippen molar-refractivity contribution in [3.05, 3.63) is 34.6 Å². The number of H-pyrrole nitrogens is 1. The second-order valence-corrected chi connectivity index (χ2v) is 8.05. The normalized spacial score (nSPS) is 18.6. The Morgan fingerprint density at radius 2 is 2.00 bits per heavy atom. The third-order valence-corrected chi connectivity index (χ3v) is 5.91. The molecule has 1 amide bonds. The number of benzene rings is 1. The fourth-order valence-corrected chi connectivity index (χ4v) is 4.46. The number of carbonyl (C=O) groups excluding carboxylic acids is 1. The maximum atomic E-state index is 12.6. The monoisotopic (exact) mass is 403 g/mol. The Hall–Kier alpha value is -1.81. The summed E-state index contributed by atoms with van der Waals surface area (Å²) in [6.07, 6.45) is 4.12. The number of hydrogen-bond donors (Lipinski definition) is 3. The van der Waals surface area contributed by atoms with Crippen LogP contribution in [0.15, 0.2) is 29.4 Å². The number of halogens is 2. The molecule has 3 rings (SSSR count). The number of imidazole rings is 1. The summed E-state index contributed by atoms with van der Waals surface area (Å²) in [7, 11) is -4.00. The van der Waals surface area contributed by atoms with Gasteiger partial charge < -0.3 is 10.7 Å². The summed E-state index contributed by atoms with van der Waals surface area (Å²) in [4.78, 5) is 20.7. The number of sulfonamides is 1. The predicted octanol–water partition coefficient (Wildman–Crippen LogP) is 1.77. The lowest BCUT2D eigenvalue weighted by molar-refractivity contribution is -0.121. The molecule has 2 heterocycles. The fraction of sp³-hybridized carbons (Fsp3) is 0.286. The van der Waals surface area contributed by atoms with Crippen molar-refractivity contribution in [3.8, 4) is 0 Å². The first kappa shape index (κ1) is 18.0. The molecule has 0 bridgehead atoms. The first-order chi connectivity index (χ1) is 11.8. The van der Waals surface area contributed by atoms with E-state index in [1.54, 1.807) is 6.20 Å². The van der Waals surface area contributed by atoms with Gasteiger partial charge in [-0.3, -0.25) is 9.69 Å². The molecule has 25 heavy (non-hydrogen) atoms. The van der Waals surface area contributed by atoms with Crippen LogP contribution < -0.4 is 15.4 Å². The Morgan fingerprint density at radius 1 is 1.32 bits per heavy atom. The van der Waals surface area contributed by atoms with Crippen LogP contribution in [0, 0.1) is 0 Å². The first-order valence-corrected chi connectivity index (χ1v) is 9.61. The van der Waals surface area contributed by atoms with Gasteiger partial charge in [0.15, 0.2) is 0 Å². The molecule has 1 aromatic heterocycles. The third-order valence-electron chi connectivity index (χ3n) is 3.84. The van der Waals surface area contributed by atoms with E-state index in [4.69, 9.17) is 28.9 Å². The molecular weight excluding hydrogens is 389 g/mol. The molecule has 8 nitrogen and oxygen atoms in total.